The third-order valence-electron chi connectivity index (χ3n) is 5.34. The second-order valence-electron chi connectivity index (χ2n) is 7.75. The number of aliphatic imine (C=N–C) groups is 1. The molecule has 3 rings (SSSR count). The largest absolute Gasteiger partial charge is 0.368 e. The summed E-state index contributed by atoms with van der Waals surface area (Å²) in [5, 5.41) is 10.3. The highest BCUT2D eigenvalue weighted by Crippen LogP contribution is 2.29. The lowest BCUT2D eigenvalue weighted by atomic mass is 10.1. The summed E-state index contributed by atoms with van der Waals surface area (Å²) in [5.74, 6) is 0.0138. The first-order valence-electron chi connectivity index (χ1n) is 11.0. The van der Waals surface area contributed by atoms with Crippen LogP contribution in [0.1, 0.15) is 22.3 Å². The van der Waals surface area contributed by atoms with Crippen LogP contribution < -0.4 is 10.2 Å². The summed E-state index contributed by atoms with van der Waals surface area (Å²) in [4.78, 5) is 31.6. The molecular weight excluding hydrogens is 506 g/mol. The van der Waals surface area contributed by atoms with Gasteiger partial charge in [0.05, 0.1) is 34.9 Å². The molecule has 36 heavy (non-hydrogen) atoms. The fraction of sp³-hybridized carbons (Fsp3) is 0.200. The zero-order valence-electron chi connectivity index (χ0n) is 19.5. The van der Waals surface area contributed by atoms with Crippen molar-refractivity contribution in [3.05, 3.63) is 82.2 Å². The molecule has 1 aromatic heterocycles. The number of anilines is 2. The fourth-order valence-electron chi connectivity index (χ4n) is 3.36. The van der Waals surface area contributed by atoms with Crippen molar-refractivity contribution in [1.29, 1.82) is 0 Å². The Balaban J connectivity index is 1.63. The minimum atomic E-state index is -0.441. The van der Waals surface area contributed by atoms with E-state index in [9.17, 15) is 14.0 Å². The number of rotatable bonds is 12. The quantitative estimate of drug-likeness (QED) is 0.0806. The molecule has 0 aliphatic heterocycles. The number of aromatic nitrogens is 2. The lowest BCUT2D eigenvalue weighted by Gasteiger charge is -2.22. The molecule has 1 amide bonds. The van der Waals surface area contributed by atoms with Crippen molar-refractivity contribution in [3.8, 4) is 0 Å². The first-order valence-corrected chi connectivity index (χ1v) is 11.7. The van der Waals surface area contributed by atoms with Gasteiger partial charge in [0.1, 0.15) is 11.6 Å². The van der Waals surface area contributed by atoms with Crippen LogP contribution in [0.25, 0.3) is 0 Å². The van der Waals surface area contributed by atoms with Crippen LogP contribution >= 0.6 is 23.2 Å². The second-order valence-corrected chi connectivity index (χ2v) is 8.54. The van der Waals surface area contributed by atoms with Crippen molar-refractivity contribution in [2.45, 2.75) is 12.8 Å². The van der Waals surface area contributed by atoms with E-state index in [2.05, 4.69) is 27.1 Å². The molecule has 11 heteroatoms. The van der Waals surface area contributed by atoms with Crippen LogP contribution in [0.15, 0.2) is 60.2 Å². The highest BCUT2D eigenvalue weighted by molar-refractivity contribution is 6.42. The van der Waals surface area contributed by atoms with E-state index in [0.29, 0.717) is 48.2 Å². The van der Waals surface area contributed by atoms with Crippen LogP contribution in [0.5, 0.6) is 0 Å². The van der Waals surface area contributed by atoms with Gasteiger partial charge >= 0.3 is 0 Å². The van der Waals surface area contributed by atoms with E-state index in [1.807, 2.05) is 0 Å². The number of aromatic amines is 1. The van der Waals surface area contributed by atoms with E-state index in [0.717, 1.165) is 5.82 Å². The molecule has 0 bridgehead atoms. The minimum Gasteiger partial charge on any atom is -0.368 e. The number of carbonyl (C=O) groups excluding carboxylic acids is 2. The number of hydrogen-bond acceptors (Lipinski definition) is 5. The van der Waals surface area contributed by atoms with Gasteiger partial charge in [-0.1, -0.05) is 29.8 Å². The highest BCUT2D eigenvalue weighted by Gasteiger charge is 2.14. The van der Waals surface area contributed by atoms with E-state index < -0.39 is 5.82 Å². The number of nitrogens with zero attached hydrogens (tertiary/aromatic N) is 4. The number of H-pyrrole nitrogens is 1. The molecule has 0 aliphatic carbocycles. The molecule has 3 aromatic rings. The van der Waals surface area contributed by atoms with Gasteiger partial charge in [-0.2, -0.15) is 5.10 Å². The van der Waals surface area contributed by atoms with Gasteiger partial charge in [0, 0.05) is 36.5 Å². The molecule has 0 spiro atoms. The number of hydrogen-bond donors (Lipinski definition) is 2. The Bertz CT molecular complexity index is 1250. The Morgan fingerprint density at radius 1 is 1.28 bits per heavy atom. The van der Waals surface area contributed by atoms with Gasteiger partial charge in [0.2, 0.25) is 5.91 Å². The predicted octanol–water partition coefficient (Wildman–Crippen LogP) is 5.48. The molecule has 188 valence electrons. The van der Waals surface area contributed by atoms with Gasteiger partial charge in [-0.3, -0.25) is 14.7 Å². The summed E-state index contributed by atoms with van der Waals surface area (Å²) in [6, 6.07) is 9.57. The molecule has 0 atom stereocenters. The number of amides is 1. The Morgan fingerprint density at radius 3 is 2.78 bits per heavy atom. The number of benzene rings is 2. The molecule has 2 N–H and O–H groups in total. The normalized spacial score (nSPS) is 10.9. The van der Waals surface area contributed by atoms with Gasteiger partial charge in [-0.25, -0.2) is 9.38 Å². The van der Waals surface area contributed by atoms with Crippen molar-refractivity contribution in [2.75, 3.05) is 30.5 Å². The van der Waals surface area contributed by atoms with Crippen molar-refractivity contribution >= 4 is 58.9 Å². The second kappa shape index (κ2) is 12.9. The summed E-state index contributed by atoms with van der Waals surface area (Å²) < 4.78 is 14.1. The summed E-state index contributed by atoms with van der Waals surface area (Å²) in [5.41, 5.74) is 1.81. The van der Waals surface area contributed by atoms with Crippen molar-refractivity contribution < 1.29 is 14.0 Å². The first-order chi connectivity index (χ1) is 17.3. The zero-order valence-corrected chi connectivity index (χ0v) is 21.1. The lowest BCUT2D eigenvalue weighted by Crippen LogP contribution is -2.35. The molecule has 2 aromatic carbocycles. The van der Waals surface area contributed by atoms with Gasteiger partial charge in [0.25, 0.3) is 0 Å². The van der Waals surface area contributed by atoms with Gasteiger partial charge < -0.3 is 15.1 Å². The van der Waals surface area contributed by atoms with Crippen LogP contribution in [0.4, 0.5) is 21.6 Å². The number of carbonyl (C=O) groups is 2. The SMILES string of the molecule is C=CC(=O)N(CCCc1c(F)ccc(Cl)c1Cl)CNc1ccc(N=CN(C)c2ccn[nH]2)c(C=O)c1. The number of halogens is 3. The molecule has 1 heterocycles. The summed E-state index contributed by atoms with van der Waals surface area (Å²) in [6.07, 6.45) is 5.88. The van der Waals surface area contributed by atoms with Crippen molar-refractivity contribution in [1.82, 2.24) is 15.1 Å². The Labute approximate surface area is 218 Å². The maximum atomic E-state index is 14.1. The van der Waals surface area contributed by atoms with Crippen LogP contribution in [0.2, 0.25) is 10.0 Å². The summed E-state index contributed by atoms with van der Waals surface area (Å²) >= 11 is 12.1. The van der Waals surface area contributed by atoms with E-state index in [1.54, 1.807) is 48.7 Å². The molecular formula is C25H25Cl2FN6O2. The van der Waals surface area contributed by atoms with E-state index >= 15 is 0 Å². The molecule has 8 nitrogen and oxygen atoms in total. The van der Waals surface area contributed by atoms with E-state index in [-0.39, 0.29) is 22.6 Å². The van der Waals surface area contributed by atoms with E-state index in [1.165, 1.54) is 23.1 Å². The van der Waals surface area contributed by atoms with Crippen LogP contribution in [-0.2, 0) is 11.2 Å². The van der Waals surface area contributed by atoms with Crippen LogP contribution in [-0.4, -0.2) is 53.9 Å². The fourth-order valence-corrected chi connectivity index (χ4v) is 3.79. The molecule has 0 unspecified atom stereocenters. The third-order valence-corrected chi connectivity index (χ3v) is 6.19. The van der Waals surface area contributed by atoms with Gasteiger partial charge in [0.15, 0.2) is 6.29 Å². The maximum absolute atomic E-state index is 14.1. The molecule has 0 saturated carbocycles. The minimum absolute atomic E-state index is 0.153. The molecule has 0 fully saturated rings. The maximum Gasteiger partial charge on any atom is 0.247 e. The van der Waals surface area contributed by atoms with Gasteiger partial charge in [-0.15, -0.1) is 0 Å². The summed E-state index contributed by atoms with van der Waals surface area (Å²) in [7, 11) is 1.80. The predicted molar refractivity (Wildman–Crippen MR) is 142 cm³/mol. The van der Waals surface area contributed by atoms with Crippen molar-refractivity contribution in [2.24, 2.45) is 4.99 Å². The molecule has 0 aliphatic rings. The smallest absolute Gasteiger partial charge is 0.247 e. The Hall–Kier alpha value is -3.69. The first kappa shape index (κ1) is 26.9. The molecule has 0 saturated heterocycles. The van der Waals surface area contributed by atoms with Crippen LogP contribution in [0, 0.1) is 5.82 Å². The van der Waals surface area contributed by atoms with Crippen LogP contribution in [0.3, 0.4) is 0 Å². The number of nitrogens with one attached hydrogen (secondary N) is 2. The monoisotopic (exact) mass is 530 g/mol. The summed E-state index contributed by atoms with van der Waals surface area (Å²) in [6.45, 7) is 4.02. The van der Waals surface area contributed by atoms with Gasteiger partial charge in [-0.05, 0) is 49.2 Å². The van der Waals surface area contributed by atoms with Crippen molar-refractivity contribution in [3.63, 3.8) is 0 Å². The standard InChI is InChI=1S/C25H25Cl2FN6O2/c1-3-24(36)34(12-4-5-19-21(28)8-7-20(26)25(19)27)16-29-18-6-9-22(17(13-18)14-35)30-15-33(2)23-10-11-31-32-23/h3,6-11,13-15,29H,1,4-5,12,16H2,2H3,(H,31,32). The number of aldehydes is 1. The average molecular weight is 531 g/mol. The zero-order chi connectivity index (χ0) is 26.1. The lowest BCUT2D eigenvalue weighted by molar-refractivity contribution is -0.125. The highest BCUT2D eigenvalue weighted by atomic mass is 35.5. The topological polar surface area (TPSA) is 93.7 Å². The Morgan fingerprint density at radius 2 is 2.08 bits per heavy atom. The molecule has 0 radical (unpaired) electrons. The van der Waals surface area contributed by atoms with E-state index in [4.69, 9.17) is 23.2 Å². The average Bonchev–Trinajstić information content (AvgIpc) is 3.43. The Kier molecular flexibility index (Phi) is 9.61. The third kappa shape index (κ3) is 6.93.